The number of piperidine rings is 2. The number of hydrogen-bond acceptors (Lipinski definition) is 7. The Morgan fingerprint density at radius 2 is 1.00 bits per heavy atom. The summed E-state index contributed by atoms with van der Waals surface area (Å²) in [6.45, 7) is 18.3. The molecule has 0 spiro atoms. The maximum Gasteiger partial charge on any atom is 0.0694 e. The molecule has 2 aliphatic rings. The Bertz CT molecular complexity index is 519. The average Bonchev–Trinajstić information content (AvgIpc) is 2.53. The summed E-state index contributed by atoms with van der Waals surface area (Å²) in [4.78, 5) is 4.62. The van der Waals surface area contributed by atoms with E-state index in [1.54, 1.807) is 11.8 Å². The molecule has 29 heavy (non-hydrogen) atoms. The lowest BCUT2D eigenvalue weighted by Gasteiger charge is -2.62. The van der Waals surface area contributed by atoms with E-state index in [0.29, 0.717) is 25.9 Å². The van der Waals surface area contributed by atoms with Gasteiger partial charge in [0.1, 0.15) is 0 Å². The summed E-state index contributed by atoms with van der Waals surface area (Å²) in [5, 5.41) is 41.4. The van der Waals surface area contributed by atoms with Gasteiger partial charge in [-0.25, -0.2) is 0 Å². The van der Waals surface area contributed by atoms with E-state index in [-0.39, 0.29) is 45.9 Å². The first-order valence-corrected chi connectivity index (χ1v) is 11.9. The van der Waals surface area contributed by atoms with Crippen LogP contribution >= 0.6 is 11.8 Å². The Hall–Kier alpha value is 0.110. The first-order chi connectivity index (χ1) is 13.1. The molecule has 4 N–H and O–H groups in total. The van der Waals surface area contributed by atoms with Crippen LogP contribution in [-0.4, -0.2) is 101 Å². The minimum absolute atomic E-state index is 0.0797. The molecule has 0 aromatic carbocycles. The summed E-state index contributed by atoms with van der Waals surface area (Å²) in [5.41, 5.74) is -1.12. The van der Waals surface area contributed by atoms with E-state index in [4.69, 9.17) is 0 Å². The van der Waals surface area contributed by atoms with Gasteiger partial charge in [0.05, 0.1) is 25.4 Å². The van der Waals surface area contributed by atoms with Crippen LogP contribution in [0.1, 0.15) is 68.2 Å². The maximum atomic E-state index is 11.1. The number of nitrogens with zero attached hydrogens (tertiary/aromatic N) is 2. The van der Waals surface area contributed by atoms with Gasteiger partial charge in [0.15, 0.2) is 0 Å². The molecule has 172 valence electrons. The lowest BCUT2D eigenvalue weighted by molar-refractivity contribution is -0.0876. The van der Waals surface area contributed by atoms with E-state index in [9.17, 15) is 20.4 Å². The van der Waals surface area contributed by atoms with Gasteiger partial charge in [-0.3, -0.25) is 9.80 Å². The second-order valence-corrected chi connectivity index (χ2v) is 12.5. The number of aliphatic hydroxyl groups excluding tert-OH is 4. The van der Waals surface area contributed by atoms with Gasteiger partial charge in [-0.1, -0.05) is 0 Å². The van der Waals surface area contributed by atoms with Crippen molar-refractivity contribution < 1.29 is 20.4 Å². The normalized spacial score (nSPS) is 36.8. The van der Waals surface area contributed by atoms with Gasteiger partial charge >= 0.3 is 0 Å². The van der Waals surface area contributed by atoms with E-state index in [2.05, 4.69) is 65.2 Å². The van der Waals surface area contributed by atoms with Crippen molar-refractivity contribution in [2.45, 2.75) is 113 Å². The van der Waals surface area contributed by atoms with Gasteiger partial charge in [0, 0.05) is 45.7 Å². The van der Waals surface area contributed by atoms with Crippen molar-refractivity contribution in [3.8, 4) is 0 Å². The van der Waals surface area contributed by atoms with Crippen LogP contribution < -0.4 is 0 Å². The lowest BCUT2D eigenvalue weighted by atomic mass is 9.77. The number of hydrogen-bond donors (Lipinski definition) is 4. The zero-order valence-electron chi connectivity index (χ0n) is 19.6. The fraction of sp³-hybridized carbons (Fsp3) is 1.00. The molecular weight excluding hydrogens is 388 g/mol. The van der Waals surface area contributed by atoms with Crippen molar-refractivity contribution in [3.05, 3.63) is 0 Å². The zero-order chi connectivity index (χ0) is 22.4. The molecule has 6 nitrogen and oxygen atoms in total. The van der Waals surface area contributed by atoms with Gasteiger partial charge in [-0.2, -0.15) is 0 Å². The van der Waals surface area contributed by atoms with Crippen LogP contribution in [0.3, 0.4) is 0 Å². The molecule has 4 unspecified atom stereocenters. The summed E-state index contributed by atoms with van der Waals surface area (Å²) < 4.78 is 0. The molecule has 2 fully saturated rings. The Balaban J connectivity index is 2.37. The highest BCUT2D eigenvalue weighted by Crippen LogP contribution is 2.50. The molecule has 7 heteroatoms. The van der Waals surface area contributed by atoms with Crippen molar-refractivity contribution in [3.63, 3.8) is 0 Å². The van der Waals surface area contributed by atoms with Crippen molar-refractivity contribution in [1.29, 1.82) is 0 Å². The zero-order valence-corrected chi connectivity index (χ0v) is 20.5. The first kappa shape index (κ1) is 25.4. The monoisotopic (exact) mass is 432 g/mol. The summed E-state index contributed by atoms with van der Waals surface area (Å²) in [6.07, 6.45) is 0.264. The van der Waals surface area contributed by atoms with E-state index in [1.165, 1.54) is 0 Å². The Morgan fingerprint density at radius 1 is 0.690 bits per heavy atom. The Kier molecular flexibility index (Phi) is 7.49. The van der Waals surface area contributed by atoms with Gasteiger partial charge in [0.2, 0.25) is 0 Å². The molecular formula is C22H44N2O4S. The van der Waals surface area contributed by atoms with Crippen molar-refractivity contribution >= 4 is 11.8 Å². The molecule has 0 aliphatic carbocycles. The number of thioether (sulfide) groups is 1. The fourth-order valence-corrected chi connectivity index (χ4v) is 8.11. The highest BCUT2D eigenvalue weighted by atomic mass is 32.2. The molecule has 0 aromatic heterocycles. The molecule has 0 aromatic rings. The molecule has 2 rings (SSSR count). The molecule has 0 saturated carbocycles. The third-order valence-electron chi connectivity index (χ3n) is 7.30. The summed E-state index contributed by atoms with van der Waals surface area (Å²) in [5.74, 6) is 0. The molecule has 0 radical (unpaired) electrons. The van der Waals surface area contributed by atoms with Crippen LogP contribution in [0.15, 0.2) is 0 Å². The predicted octanol–water partition coefficient (Wildman–Crippen LogP) is 1.69. The van der Waals surface area contributed by atoms with Crippen LogP contribution in [0.2, 0.25) is 0 Å². The minimum atomic E-state index is -0.496. The third-order valence-corrected chi connectivity index (χ3v) is 9.67. The number of aliphatic hydroxyl groups is 4. The number of rotatable bonds is 6. The van der Waals surface area contributed by atoms with E-state index in [0.717, 1.165) is 0 Å². The second kappa shape index (κ2) is 8.57. The predicted molar refractivity (Wildman–Crippen MR) is 120 cm³/mol. The van der Waals surface area contributed by atoms with Gasteiger partial charge in [-0.05, 0) is 68.2 Å². The average molecular weight is 433 g/mol. The highest BCUT2D eigenvalue weighted by molar-refractivity contribution is 8.00. The van der Waals surface area contributed by atoms with Gasteiger partial charge in [-0.15, -0.1) is 11.8 Å². The Labute approximate surface area is 181 Å². The van der Waals surface area contributed by atoms with Crippen molar-refractivity contribution in [1.82, 2.24) is 9.80 Å². The molecule has 2 heterocycles. The molecule has 2 aliphatic heterocycles. The van der Waals surface area contributed by atoms with E-state index < -0.39 is 12.2 Å². The smallest absolute Gasteiger partial charge is 0.0694 e. The van der Waals surface area contributed by atoms with Crippen LogP contribution in [0.5, 0.6) is 0 Å². The maximum absolute atomic E-state index is 11.1. The SMILES string of the molecule is CC1(C)CC(O)C(SC2C(O)CC(C)(C)N(CCO)C2(C)C)C(C)(C)N1CCO. The van der Waals surface area contributed by atoms with Crippen LogP contribution in [0.4, 0.5) is 0 Å². The summed E-state index contributed by atoms with van der Waals surface area (Å²) in [6, 6.07) is 0. The van der Waals surface area contributed by atoms with Gasteiger partial charge in [0.25, 0.3) is 0 Å². The largest absolute Gasteiger partial charge is 0.395 e. The topological polar surface area (TPSA) is 87.4 Å². The molecule has 4 atom stereocenters. The summed E-state index contributed by atoms with van der Waals surface area (Å²) >= 11 is 1.69. The highest BCUT2D eigenvalue weighted by Gasteiger charge is 2.56. The molecule has 2 saturated heterocycles. The van der Waals surface area contributed by atoms with Crippen LogP contribution in [0.25, 0.3) is 0 Å². The Morgan fingerprint density at radius 3 is 1.28 bits per heavy atom. The number of likely N-dealkylation sites (tertiary alicyclic amines) is 2. The lowest BCUT2D eigenvalue weighted by Crippen LogP contribution is -2.71. The van der Waals surface area contributed by atoms with Crippen LogP contribution in [-0.2, 0) is 0 Å². The summed E-state index contributed by atoms with van der Waals surface area (Å²) in [7, 11) is 0. The van der Waals surface area contributed by atoms with Crippen molar-refractivity contribution in [2.24, 2.45) is 0 Å². The number of β-amino-alcohol motifs (C(OH)–C–C–N with tert-alkyl or cyclic N) is 2. The molecule has 0 amide bonds. The fourth-order valence-electron chi connectivity index (χ4n) is 6.32. The standard InChI is InChI=1S/C22H44N2O4S/c1-19(2)13-15(27)17(21(5,6)23(19)9-11-25)29-18-16(28)14-20(3,4)24(10-12-26)22(18,7)8/h15-18,25-28H,9-14H2,1-8H3. The third kappa shape index (κ3) is 4.66. The van der Waals surface area contributed by atoms with Gasteiger partial charge < -0.3 is 20.4 Å². The first-order valence-electron chi connectivity index (χ1n) is 10.9. The van der Waals surface area contributed by atoms with E-state index >= 15 is 0 Å². The minimum Gasteiger partial charge on any atom is -0.395 e. The van der Waals surface area contributed by atoms with E-state index in [1.807, 2.05) is 0 Å². The molecule has 0 bridgehead atoms. The van der Waals surface area contributed by atoms with Crippen molar-refractivity contribution in [2.75, 3.05) is 26.3 Å². The van der Waals surface area contributed by atoms with Crippen LogP contribution in [0, 0.1) is 0 Å². The second-order valence-electron chi connectivity index (χ2n) is 11.2. The quantitative estimate of drug-likeness (QED) is 0.508.